The molecule has 0 aromatic carbocycles. The maximum atomic E-state index is 8.58. The number of ether oxygens (including phenoxy) is 2. The average Bonchev–Trinajstić information content (AvgIpc) is 2.40. The zero-order chi connectivity index (χ0) is 21.0. The molecule has 2 N–H and O–H groups in total. The summed E-state index contributed by atoms with van der Waals surface area (Å²) in [4.78, 5) is 4.28. The Morgan fingerprint density at radius 2 is 1.18 bits per heavy atom. The van der Waals surface area contributed by atoms with Crippen LogP contribution in [0.2, 0.25) is 5.82 Å². The summed E-state index contributed by atoms with van der Waals surface area (Å²) in [6, 6.07) is -0.217. The summed E-state index contributed by atoms with van der Waals surface area (Å²) < 4.78 is 10.5. The van der Waals surface area contributed by atoms with Crippen molar-refractivity contribution < 1.29 is 33.1 Å². The largest absolute Gasteiger partial charge is 0.390 e. The van der Waals surface area contributed by atoms with E-state index in [9.17, 15) is 0 Å². The van der Waals surface area contributed by atoms with Crippen molar-refractivity contribution in [2.45, 2.75) is 63.8 Å². The van der Waals surface area contributed by atoms with E-state index in [0.717, 1.165) is 39.3 Å². The summed E-state index contributed by atoms with van der Waals surface area (Å²) in [5.41, 5.74) is 0. The molecule has 3 rings (SSSR count). The fourth-order valence-electron chi connectivity index (χ4n) is 2.36. The first-order chi connectivity index (χ1) is 12.5. The first-order valence-corrected chi connectivity index (χ1v) is 9.83. The van der Waals surface area contributed by atoms with Crippen LogP contribution in [0, 0.1) is 0 Å². The fourth-order valence-corrected chi connectivity index (χ4v) is 2.36. The van der Waals surface area contributed by atoms with Gasteiger partial charge >= 0.3 is 0 Å². The first-order valence-electron chi connectivity index (χ1n) is 9.83. The molecule has 6 nitrogen and oxygen atoms in total. The minimum Gasteiger partial charge on any atom is -0.390 e. The van der Waals surface area contributed by atoms with Gasteiger partial charge in [-0.15, -0.1) is 0 Å². The Morgan fingerprint density at radius 1 is 0.821 bits per heavy atom. The van der Waals surface area contributed by atoms with E-state index in [1.165, 1.54) is 0 Å². The van der Waals surface area contributed by atoms with Crippen LogP contribution in [0.25, 0.3) is 0 Å². The average molecular weight is 428 g/mol. The molecule has 10 heteroatoms. The summed E-state index contributed by atoms with van der Waals surface area (Å²) in [7, 11) is 19.9. The van der Waals surface area contributed by atoms with Crippen LogP contribution in [0.5, 0.6) is 0 Å². The van der Waals surface area contributed by atoms with E-state index in [0.29, 0.717) is 18.0 Å². The number of likely N-dealkylation sites (tertiary alicyclic amines) is 2. The van der Waals surface area contributed by atoms with Crippen LogP contribution in [0.15, 0.2) is 0 Å². The summed E-state index contributed by atoms with van der Waals surface area (Å²) in [6.45, 7) is 13.3. The Bertz CT molecular complexity index is 347. The van der Waals surface area contributed by atoms with Crippen molar-refractivity contribution in [3.8, 4) is 0 Å². The predicted molar refractivity (Wildman–Crippen MR) is 115 cm³/mol. The van der Waals surface area contributed by atoms with Gasteiger partial charge in [0.25, 0.3) is 0 Å². The quantitative estimate of drug-likeness (QED) is 0.595. The molecular weight excluding hydrogens is 390 g/mol. The Labute approximate surface area is 188 Å². The van der Waals surface area contributed by atoms with Crippen LogP contribution in [0.4, 0.5) is 0 Å². The van der Waals surface area contributed by atoms with Crippen LogP contribution < -0.4 is 5.32 Å². The van der Waals surface area contributed by atoms with Crippen molar-refractivity contribution in [1.82, 2.24) is 15.1 Å². The number of nitrogens with one attached hydrogen (secondary N) is 1. The molecule has 0 aliphatic carbocycles. The monoisotopic (exact) mass is 428 g/mol. The molecule has 7 radical (unpaired) electrons. The summed E-state index contributed by atoms with van der Waals surface area (Å²) in [5, 5.41) is 11.7. The van der Waals surface area contributed by atoms with E-state index in [1.807, 2.05) is 34.7 Å². The van der Waals surface area contributed by atoms with Crippen LogP contribution in [-0.2, 0) is 28.0 Å². The molecule has 28 heavy (non-hydrogen) atoms. The van der Waals surface area contributed by atoms with E-state index in [2.05, 4.69) is 22.2 Å². The van der Waals surface area contributed by atoms with Gasteiger partial charge in [0.1, 0.15) is 15.7 Å². The maximum Gasteiger partial charge on any atom is 0.108 e. The van der Waals surface area contributed by atoms with Crippen molar-refractivity contribution >= 4 is 23.5 Å². The van der Waals surface area contributed by atoms with E-state index < -0.39 is 0 Å². The second kappa shape index (κ2) is 17.2. The van der Waals surface area contributed by atoms with E-state index in [-0.39, 0.29) is 36.7 Å². The molecule has 2 unspecified atom stereocenters. The zero-order valence-corrected chi connectivity index (χ0v) is 19.9. The third-order valence-corrected chi connectivity index (χ3v) is 3.63. The molecule has 3 saturated heterocycles. The van der Waals surface area contributed by atoms with Crippen molar-refractivity contribution in [3.05, 3.63) is 0 Å². The topological polar surface area (TPSA) is 57.2 Å². The summed E-state index contributed by atoms with van der Waals surface area (Å²) in [5.74, 6) is 0.333. The second-order valence-electron chi connectivity index (χ2n) is 7.92. The van der Waals surface area contributed by atoms with Gasteiger partial charge in [-0.1, -0.05) is 19.7 Å². The van der Waals surface area contributed by atoms with Gasteiger partial charge in [0.05, 0.1) is 26.2 Å². The molecule has 3 aliphatic rings. The third-order valence-electron chi connectivity index (χ3n) is 3.63. The van der Waals surface area contributed by atoms with E-state index in [1.54, 1.807) is 0 Å². The summed E-state index contributed by atoms with van der Waals surface area (Å²) >= 11 is 0. The molecule has 3 aliphatic heterocycles. The van der Waals surface area contributed by atoms with Gasteiger partial charge in [-0.3, -0.25) is 0 Å². The molecule has 0 aromatic heterocycles. The molecule has 0 amide bonds. The second-order valence-corrected chi connectivity index (χ2v) is 7.92. The van der Waals surface area contributed by atoms with Gasteiger partial charge in [0.2, 0.25) is 0 Å². The van der Waals surface area contributed by atoms with Crippen molar-refractivity contribution in [2.75, 3.05) is 53.4 Å². The van der Waals surface area contributed by atoms with Gasteiger partial charge in [0.15, 0.2) is 0 Å². The maximum absolute atomic E-state index is 8.58. The Kier molecular flexibility index (Phi) is 18.9. The van der Waals surface area contributed by atoms with Crippen LogP contribution in [-0.4, -0.2) is 122 Å². The van der Waals surface area contributed by atoms with E-state index in [4.69, 9.17) is 38.1 Å². The zero-order valence-electron chi connectivity index (χ0n) is 18.5. The number of β-amino-alcohol motifs (C(OH)–C–C–N with tert-alkyl or cyclic N) is 1. The normalized spacial score (nSPS) is 22.3. The molecule has 3 fully saturated rings. The number of nitrogens with zero attached hydrogens (tertiary/aromatic N) is 2. The Morgan fingerprint density at radius 3 is 1.32 bits per heavy atom. The number of likely N-dealkylation sites (N-methyl/N-ethyl adjacent to an activating group) is 2. The number of hydrogen-bond donors (Lipinski definition) is 2. The summed E-state index contributed by atoms with van der Waals surface area (Å²) in [6.07, 6.45) is 0.722. The minimum atomic E-state index is -0.109. The fraction of sp³-hybridized carbons (Fsp3) is 1.00. The number of rotatable bonds is 4. The van der Waals surface area contributed by atoms with Crippen LogP contribution in [0.3, 0.4) is 0 Å². The van der Waals surface area contributed by atoms with Gasteiger partial charge < -0.3 is 29.7 Å². The standard InChI is InChI=1S/C6H12BNO.C5H10BNO.C4H9NO.C3H7B.V/c1-5(7)9-6-3-8(2)4-6;1-4(6)8-5-2-7-3-5;1-5-2-4(6)3-5;1-3(2)4;/h5-6H,3-4H2,1-2H3;4-5,7H,2-3H2,1H3;4,6H,2-3H2,1H3;3H,1-2H3;. The Hall–Kier alpha value is 0.539. The number of hydrogen-bond acceptors (Lipinski definition) is 6. The molecule has 157 valence electrons. The first kappa shape index (κ1) is 30.7. The smallest absolute Gasteiger partial charge is 0.108 e. The van der Waals surface area contributed by atoms with E-state index >= 15 is 0 Å². The van der Waals surface area contributed by atoms with Crippen molar-refractivity contribution in [3.63, 3.8) is 0 Å². The van der Waals surface area contributed by atoms with Gasteiger partial charge in [-0.2, -0.15) is 0 Å². The number of aliphatic hydroxyl groups excluding tert-OH is 1. The molecule has 0 aromatic rings. The minimum absolute atomic E-state index is 0. The molecule has 2 atom stereocenters. The molecule has 0 bridgehead atoms. The van der Waals surface area contributed by atoms with Gasteiger partial charge in [-0.05, 0) is 27.9 Å². The number of aliphatic hydroxyl groups is 1. The van der Waals surface area contributed by atoms with Crippen LogP contribution in [0.1, 0.15) is 27.7 Å². The SMILES string of the molecule is CN1CC(O)C1.[B]C(C)C.[B]C(C)OC1CN(C)C1.[B]C(C)OC1CNC1.[V]. The predicted octanol–water partition coefficient (Wildman–Crippen LogP) is -0.406. The molecule has 0 spiro atoms. The molecular formula is C18H38B3N3O3V. The molecule has 0 saturated carbocycles. The van der Waals surface area contributed by atoms with Gasteiger partial charge in [-0.25, -0.2) is 0 Å². The van der Waals surface area contributed by atoms with Crippen molar-refractivity contribution in [1.29, 1.82) is 0 Å². The van der Waals surface area contributed by atoms with Gasteiger partial charge in [0, 0.05) is 69.8 Å². The molecule has 3 heterocycles. The van der Waals surface area contributed by atoms with Crippen molar-refractivity contribution in [2.24, 2.45) is 0 Å². The van der Waals surface area contributed by atoms with Crippen LogP contribution >= 0.6 is 0 Å². The third kappa shape index (κ3) is 18.6. The Balaban J connectivity index is 0.